The van der Waals surface area contributed by atoms with E-state index in [1.807, 2.05) is 11.0 Å². The van der Waals surface area contributed by atoms with Gasteiger partial charge in [0, 0.05) is 38.5 Å². The zero-order valence-electron chi connectivity index (χ0n) is 14.4. The zero-order chi connectivity index (χ0) is 17.1. The number of hydrogen-bond donors (Lipinski definition) is 1. The van der Waals surface area contributed by atoms with Crippen LogP contribution in [-0.2, 0) is 9.53 Å². The number of nitrogens with zero attached hydrogens (tertiary/aromatic N) is 2. The van der Waals surface area contributed by atoms with Crippen LogP contribution in [0.2, 0.25) is 0 Å². The molecule has 2 aliphatic heterocycles. The van der Waals surface area contributed by atoms with E-state index in [9.17, 15) is 4.79 Å². The molecule has 2 aliphatic rings. The average Bonchev–Trinajstić information content (AvgIpc) is 3.12. The molecule has 6 heteroatoms. The van der Waals surface area contributed by atoms with Crippen LogP contribution in [0.1, 0.15) is 24.0 Å². The minimum atomic E-state index is -0.225. The van der Waals surface area contributed by atoms with Crippen molar-refractivity contribution in [3.05, 3.63) is 29.3 Å². The second-order valence-electron chi connectivity index (χ2n) is 6.54. The molecule has 24 heavy (non-hydrogen) atoms. The summed E-state index contributed by atoms with van der Waals surface area (Å²) >= 11 is 5.53. The maximum Gasteiger partial charge on any atom is 0.251 e. The fourth-order valence-electron chi connectivity index (χ4n) is 3.13. The van der Waals surface area contributed by atoms with Crippen LogP contribution in [0.4, 0.5) is 5.69 Å². The molecule has 1 unspecified atom stereocenters. The molecule has 0 spiro atoms. The van der Waals surface area contributed by atoms with Crippen LogP contribution in [0.5, 0.6) is 0 Å². The van der Waals surface area contributed by atoms with Crippen LogP contribution in [0.25, 0.3) is 0 Å². The van der Waals surface area contributed by atoms with Gasteiger partial charge in [-0.3, -0.25) is 4.79 Å². The van der Waals surface area contributed by atoms with E-state index in [1.54, 1.807) is 0 Å². The number of rotatable bonds is 2. The Kier molecular flexibility index (Phi) is 5.36. The van der Waals surface area contributed by atoms with Gasteiger partial charge in [-0.05, 0) is 62.2 Å². The van der Waals surface area contributed by atoms with Gasteiger partial charge in [0.2, 0.25) is 0 Å². The number of amides is 1. The molecule has 0 aliphatic carbocycles. The van der Waals surface area contributed by atoms with E-state index >= 15 is 0 Å². The second-order valence-corrected chi connectivity index (χ2v) is 6.93. The highest BCUT2D eigenvalue weighted by molar-refractivity contribution is 7.80. The monoisotopic (exact) mass is 347 g/mol. The van der Waals surface area contributed by atoms with Gasteiger partial charge in [0.25, 0.3) is 5.91 Å². The van der Waals surface area contributed by atoms with Crippen LogP contribution in [0, 0.1) is 13.8 Å². The minimum absolute atomic E-state index is 0.139. The second kappa shape index (κ2) is 7.49. The lowest BCUT2D eigenvalue weighted by Crippen LogP contribution is -2.53. The van der Waals surface area contributed by atoms with Crippen molar-refractivity contribution in [1.29, 1.82) is 0 Å². The predicted molar refractivity (Wildman–Crippen MR) is 99.3 cm³/mol. The fraction of sp³-hybridized carbons (Fsp3) is 0.556. The normalized spacial score (nSPS) is 21.0. The number of carbonyl (C=O) groups excluding carboxylic acids is 1. The third-order valence-electron chi connectivity index (χ3n) is 4.84. The fourth-order valence-corrected chi connectivity index (χ4v) is 3.43. The highest BCUT2D eigenvalue weighted by Crippen LogP contribution is 2.17. The van der Waals surface area contributed by atoms with Crippen molar-refractivity contribution in [3.8, 4) is 0 Å². The molecule has 5 nitrogen and oxygen atoms in total. The first kappa shape index (κ1) is 17.2. The number of hydrogen-bond acceptors (Lipinski definition) is 3. The first-order valence-corrected chi connectivity index (χ1v) is 8.99. The molecule has 2 saturated heterocycles. The minimum Gasteiger partial charge on any atom is -0.368 e. The lowest BCUT2D eigenvalue weighted by atomic mass is 10.1. The number of carbonyl (C=O) groups is 1. The number of nitrogens with one attached hydrogen (secondary N) is 1. The number of piperazine rings is 1. The first-order valence-electron chi connectivity index (χ1n) is 8.58. The van der Waals surface area contributed by atoms with Gasteiger partial charge in [0.05, 0.1) is 0 Å². The molecule has 2 fully saturated rings. The highest BCUT2D eigenvalue weighted by atomic mass is 32.1. The van der Waals surface area contributed by atoms with E-state index in [0.717, 1.165) is 36.7 Å². The van der Waals surface area contributed by atoms with E-state index in [-0.39, 0.29) is 12.0 Å². The number of anilines is 1. The summed E-state index contributed by atoms with van der Waals surface area (Å²) in [5.41, 5.74) is 3.53. The van der Waals surface area contributed by atoms with Crippen molar-refractivity contribution >= 4 is 28.9 Å². The molecular weight excluding hydrogens is 322 g/mol. The van der Waals surface area contributed by atoms with Crippen LogP contribution >= 0.6 is 12.2 Å². The zero-order valence-corrected chi connectivity index (χ0v) is 15.2. The summed E-state index contributed by atoms with van der Waals surface area (Å²) in [4.78, 5) is 16.4. The number of ether oxygens (including phenoxy) is 1. The van der Waals surface area contributed by atoms with Gasteiger partial charge >= 0.3 is 0 Å². The SMILES string of the molecule is Cc1ccc(NC(=S)N2CCN(C(=O)C3CCCO3)CC2)cc1C. The molecule has 3 rings (SSSR count). The lowest BCUT2D eigenvalue weighted by Gasteiger charge is -2.37. The van der Waals surface area contributed by atoms with Crippen molar-refractivity contribution < 1.29 is 9.53 Å². The van der Waals surface area contributed by atoms with Crippen molar-refractivity contribution in [2.45, 2.75) is 32.8 Å². The Morgan fingerprint density at radius 1 is 1.17 bits per heavy atom. The average molecular weight is 347 g/mol. The Labute approximate surface area is 149 Å². The lowest BCUT2D eigenvalue weighted by molar-refractivity contribution is -0.142. The standard InChI is InChI=1S/C18H25N3O2S/c1-13-5-6-15(12-14(13)2)19-18(24)21-9-7-20(8-10-21)17(22)16-4-3-11-23-16/h5-6,12,16H,3-4,7-11H2,1-2H3,(H,19,24). The third-order valence-corrected chi connectivity index (χ3v) is 5.20. The smallest absolute Gasteiger partial charge is 0.251 e. The number of benzene rings is 1. The van der Waals surface area contributed by atoms with Crippen molar-refractivity contribution in [2.24, 2.45) is 0 Å². The van der Waals surface area contributed by atoms with Crippen LogP contribution in [0.3, 0.4) is 0 Å². The molecule has 130 valence electrons. The van der Waals surface area contributed by atoms with Gasteiger partial charge in [-0.1, -0.05) is 6.07 Å². The summed E-state index contributed by atoms with van der Waals surface area (Å²) in [6.45, 7) is 7.83. The summed E-state index contributed by atoms with van der Waals surface area (Å²) in [5, 5.41) is 4.03. The maximum absolute atomic E-state index is 12.4. The van der Waals surface area contributed by atoms with Crippen molar-refractivity contribution in [1.82, 2.24) is 9.80 Å². The van der Waals surface area contributed by atoms with Crippen molar-refractivity contribution in [3.63, 3.8) is 0 Å². The Morgan fingerprint density at radius 2 is 1.88 bits per heavy atom. The van der Waals surface area contributed by atoms with Crippen LogP contribution < -0.4 is 5.32 Å². The predicted octanol–water partition coefficient (Wildman–Crippen LogP) is 2.32. The molecule has 0 bridgehead atoms. The van der Waals surface area contributed by atoms with Crippen LogP contribution in [-0.4, -0.2) is 59.7 Å². The molecule has 1 atom stereocenters. The van der Waals surface area contributed by atoms with Crippen LogP contribution in [0.15, 0.2) is 18.2 Å². The van der Waals surface area contributed by atoms with E-state index < -0.39 is 0 Å². The molecule has 0 aromatic heterocycles. The molecule has 0 radical (unpaired) electrons. The van der Waals surface area contributed by atoms with E-state index in [1.165, 1.54) is 11.1 Å². The quantitative estimate of drug-likeness (QED) is 0.832. The molecule has 2 heterocycles. The van der Waals surface area contributed by atoms with Gasteiger partial charge in [-0.15, -0.1) is 0 Å². The van der Waals surface area contributed by atoms with E-state index in [4.69, 9.17) is 17.0 Å². The number of aryl methyl sites for hydroxylation is 2. The first-order chi connectivity index (χ1) is 11.5. The topological polar surface area (TPSA) is 44.8 Å². The Morgan fingerprint density at radius 3 is 2.50 bits per heavy atom. The summed E-state index contributed by atoms with van der Waals surface area (Å²) in [6.07, 6.45) is 1.61. The third kappa shape index (κ3) is 3.87. The van der Waals surface area contributed by atoms with Gasteiger partial charge < -0.3 is 19.9 Å². The Bertz CT molecular complexity index is 621. The molecule has 1 aromatic rings. The summed E-state index contributed by atoms with van der Waals surface area (Å²) in [7, 11) is 0. The van der Waals surface area contributed by atoms with Gasteiger partial charge in [-0.25, -0.2) is 0 Å². The van der Waals surface area contributed by atoms with E-state index in [2.05, 4.69) is 36.2 Å². The summed E-state index contributed by atoms with van der Waals surface area (Å²) in [6, 6.07) is 6.25. The summed E-state index contributed by atoms with van der Waals surface area (Å²) in [5.74, 6) is 0.139. The Balaban J connectivity index is 1.51. The van der Waals surface area contributed by atoms with Gasteiger partial charge in [0.15, 0.2) is 5.11 Å². The molecule has 1 amide bonds. The number of thiocarbonyl (C=S) groups is 1. The largest absolute Gasteiger partial charge is 0.368 e. The molecule has 1 aromatic carbocycles. The maximum atomic E-state index is 12.4. The van der Waals surface area contributed by atoms with E-state index in [0.29, 0.717) is 19.7 Å². The Hall–Kier alpha value is -1.66. The molecular formula is C18H25N3O2S. The summed E-state index contributed by atoms with van der Waals surface area (Å²) < 4.78 is 5.50. The molecule has 0 saturated carbocycles. The van der Waals surface area contributed by atoms with Crippen molar-refractivity contribution in [2.75, 3.05) is 38.1 Å². The van der Waals surface area contributed by atoms with Gasteiger partial charge in [0.1, 0.15) is 6.10 Å². The highest BCUT2D eigenvalue weighted by Gasteiger charge is 2.30. The molecule has 1 N–H and O–H groups in total. The van der Waals surface area contributed by atoms with Gasteiger partial charge in [-0.2, -0.15) is 0 Å².